The Morgan fingerprint density at radius 2 is 2.25 bits per heavy atom. The molecule has 1 N–H and O–H groups in total. The SMILES string of the molecule is C=C(CC(C)CO)C(=O)OCC. The zero-order valence-corrected chi connectivity index (χ0v) is 7.67. The summed E-state index contributed by atoms with van der Waals surface area (Å²) in [4.78, 5) is 11.0. The monoisotopic (exact) mass is 172 g/mol. The molecule has 0 aliphatic rings. The fourth-order valence-electron chi connectivity index (χ4n) is 0.802. The molecular formula is C9H16O3. The summed E-state index contributed by atoms with van der Waals surface area (Å²) in [5, 5.41) is 8.70. The van der Waals surface area contributed by atoms with E-state index in [4.69, 9.17) is 9.84 Å². The molecule has 1 unspecified atom stereocenters. The fourth-order valence-corrected chi connectivity index (χ4v) is 0.802. The molecule has 12 heavy (non-hydrogen) atoms. The highest BCUT2D eigenvalue weighted by molar-refractivity contribution is 5.87. The standard InChI is InChI=1S/C9H16O3/c1-4-12-9(11)8(3)5-7(2)6-10/h7,10H,3-6H2,1-2H3. The van der Waals surface area contributed by atoms with Gasteiger partial charge in [0.1, 0.15) is 0 Å². The van der Waals surface area contributed by atoms with Crippen LogP contribution in [0, 0.1) is 5.92 Å². The Kier molecular flexibility index (Phi) is 5.37. The van der Waals surface area contributed by atoms with Crippen molar-refractivity contribution in [2.75, 3.05) is 13.2 Å². The van der Waals surface area contributed by atoms with Crippen molar-refractivity contribution in [3.63, 3.8) is 0 Å². The van der Waals surface area contributed by atoms with Crippen molar-refractivity contribution in [3.05, 3.63) is 12.2 Å². The summed E-state index contributed by atoms with van der Waals surface area (Å²) in [6.45, 7) is 7.61. The molecule has 0 aromatic heterocycles. The number of hydrogen-bond acceptors (Lipinski definition) is 3. The van der Waals surface area contributed by atoms with Crippen molar-refractivity contribution in [1.82, 2.24) is 0 Å². The molecule has 70 valence electrons. The zero-order valence-electron chi connectivity index (χ0n) is 7.67. The molecule has 0 aromatic rings. The van der Waals surface area contributed by atoms with Crippen LogP contribution in [0.4, 0.5) is 0 Å². The Morgan fingerprint density at radius 3 is 2.67 bits per heavy atom. The Balaban J connectivity index is 3.79. The summed E-state index contributed by atoms with van der Waals surface area (Å²) in [5.74, 6) is -0.292. The minimum absolute atomic E-state index is 0.0679. The van der Waals surface area contributed by atoms with Crippen LogP contribution in [-0.2, 0) is 9.53 Å². The van der Waals surface area contributed by atoms with Gasteiger partial charge in [-0.25, -0.2) is 4.79 Å². The zero-order chi connectivity index (χ0) is 9.56. The Labute approximate surface area is 73.0 Å². The smallest absolute Gasteiger partial charge is 0.333 e. The van der Waals surface area contributed by atoms with E-state index < -0.39 is 0 Å². The summed E-state index contributed by atoms with van der Waals surface area (Å²) in [7, 11) is 0. The first-order chi connectivity index (χ1) is 5.61. The third-order valence-electron chi connectivity index (χ3n) is 1.47. The Hall–Kier alpha value is -0.830. The highest BCUT2D eigenvalue weighted by Gasteiger charge is 2.10. The lowest BCUT2D eigenvalue weighted by atomic mass is 10.0. The van der Waals surface area contributed by atoms with Gasteiger partial charge in [-0.15, -0.1) is 0 Å². The van der Waals surface area contributed by atoms with Crippen LogP contribution in [-0.4, -0.2) is 24.3 Å². The summed E-state index contributed by atoms with van der Waals surface area (Å²) in [6, 6.07) is 0. The van der Waals surface area contributed by atoms with Gasteiger partial charge in [0.05, 0.1) is 6.61 Å². The maximum atomic E-state index is 11.0. The van der Waals surface area contributed by atoms with Gasteiger partial charge in [0.15, 0.2) is 0 Å². The lowest BCUT2D eigenvalue weighted by Crippen LogP contribution is -2.11. The molecule has 0 heterocycles. The van der Waals surface area contributed by atoms with Gasteiger partial charge in [-0.3, -0.25) is 0 Å². The van der Waals surface area contributed by atoms with Crippen molar-refractivity contribution in [2.45, 2.75) is 20.3 Å². The van der Waals surface area contributed by atoms with E-state index >= 15 is 0 Å². The van der Waals surface area contributed by atoms with Crippen LogP contribution < -0.4 is 0 Å². The van der Waals surface area contributed by atoms with E-state index in [1.54, 1.807) is 6.92 Å². The number of aliphatic hydroxyl groups excluding tert-OH is 1. The number of carbonyl (C=O) groups is 1. The first-order valence-electron chi connectivity index (χ1n) is 4.07. The number of esters is 1. The second kappa shape index (κ2) is 5.77. The quantitative estimate of drug-likeness (QED) is 0.499. The average Bonchev–Trinajstić information content (AvgIpc) is 2.04. The van der Waals surface area contributed by atoms with Crippen LogP contribution in [0.2, 0.25) is 0 Å². The van der Waals surface area contributed by atoms with Gasteiger partial charge in [0.25, 0.3) is 0 Å². The van der Waals surface area contributed by atoms with Crippen LogP contribution in [0.1, 0.15) is 20.3 Å². The largest absolute Gasteiger partial charge is 0.463 e. The molecule has 3 heteroatoms. The van der Waals surface area contributed by atoms with Gasteiger partial charge >= 0.3 is 5.97 Å². The molecule has 0 spiro atoms. The molecule has 0 radical (unpaired) electrons. The van der Waals surface area contributed by atoms with Crippen molar-refractivity contribution in [2.24, 2.45) is 5.92 Å². The molecule has 0 fully saturated rings. The first kappa shape index (κ1) is 11.2. The van der Waals surface area contributed by atoms with Crippen LogP contribution in [0.15, 0.2) is 12.2 Å². The van der Waals surface area contributed by atoms with E-state index in [1.807, 2.05) is 6.92 Å². The van der Waals surface area contributed by atoms with Gasteiger partial charge in [-0.05, 0) is 19.3 Å². The number of carbonyl (C=O) groups excluding carboxylic acids is 1. The average molecular weight is 172 g/mol. The molecule has 0 aromatic carbocycles. The minimum atomic E-state index is -0.363. The summed E-state index contributed by atoms with van der Waals surface area (Å²) >= 11 is 0. The summed E-state index contributed by atoms with van der Waals surface area (Å²) in [5.41, 5.74) is 0.429. The molecule has 0 saturated carbocycles. The number of rotatable bonds is 5. The predicted octanol–water partition coefficient (Wildman–Crippen LogP) is 1.12. The molecule has 0 amide bonds. The van der Waals surface area contributed by atoms with E-state index in [1.165, 1.54) is 0 Å². The fraction of sp³-hybridized carbons (Fsp3) is 0.667. The maximum absolute atomic E-state index is 11.0. The van der Waals surface area contributed by atoms with E-state index in [9.17, 15) is 4.79 Å². The molecule has 0 aliphatic heterocycles. The predicted molar refractivity (Wildman–Crippen MR) is 46.6 cm³/mol. The van der Waals surface area contributed by atoms with E-state index in [-0.39, 0.29) is 18.5 Å². The van der Waals surface area contributed by atoms with Crippen LogP contribution in [0.25, 0.3) is 0 Å². The second-order valence-electron chi connectivity index (χ2n) is 2.82. The van der Waals surface area contributed by atoms with Crippen molar-refractivity contribution in [3.8, 4) is 0 Å². The van der Waals surface area contributed by atoms with Gasteiger partial charge < -0.3 is 9.84 Å². The van der Waals surface area contributed by atoms with Gasteiger partial charge in [-0.1, -0.05) is 13.5 Å². The molecule has 0 rings (SSSR count). The highest BCUT2D eigenvalue weighted by Crippen LogP contribution is 2.09. The van der Waals surface area contributed by atoms with Gasteiger partial charge in [-0.2, -0.15) is 0 Å². The molecule has 0 aliphatic carbocycles. The molecule has 0 saturated heterocycles. The molecule has 3 nitrogen and oxygen atoms in total. The molecular weight excluding hydrogens is 156 g/mol. The van der Waals surface area contributed by atoms with Crippen molar-refractivity contribution in [1.29, 1.82) is 0 Å². The van der Waals surface area contributed by atoms with Crippen molar-refractivity contribution >= 4 is 5.97 Å². The number of hydrogen-bond donors (Lipinski definition) is 1. The topological polar surface area (TPSA) is 46.5 Å². The lowest BCUT2D eigenvalue weighted by molar-refractivity contribution is -0.138. The Bertz CT molecular complexity index is 163. The van der Waals surface area contributed by atoms with Gasteiger partial charge in [0.2, 0.25) is 0 Å². The maximum Gasteiger partial charge on any atom is 0.333 e. The third kappa shape index (κ3) is 4.13. The Morgan fingerprint density at radius 1 is 1.67 bits per heavy atom. The lowest BCUT2D eigenvalue weighted by Gasteiger charge is -2.08. The van der Waals surface area contributed by atoms with E-state index in [0.717, 1.165) is 0 Å². The summed E-state index contributed by atoms with van der Waals surface area (Å²) < 4.78 is 4.73. The minimum Gasteiger partial charge on any atom is -0.463 e. The summed E-state index contributed by atoms with van der Waals surface area (Å²) in [6.07, 6.45) is 0.495. The van der Waals surface area contributed by atoms with Crippen LogP contribution in [0.3, 0.4) is 0 Å². The van der Waals surface area contributed by atoms with Gasteiger partial charge in [0, 0.05) is 12.2 Å². The second-order valence-corrected chi connectivity index (χ2v) is 2.82. The van der Waals surface area contributed by atoms with E-state index in [2.05, 4.69) is 6.58 Å². The number of aliphatic hydroxyl groups is 1. The van der Waals surface area contributed by atoms with E-state index in [0.29, 0.717) is 18.6 Å². The third-order valence-corrected chi connectivity index (χ3v) is 1.47. The highest BCUT2D eigenvalue weighted by atomic mass is 16.5. The first-order valence-corrected chi connectivity index (χ1v) is 4.07. The normalized spacial score (nSPS) is 12.2. The molecule has 0 bridgehead atoms. The van der Waals surface area contributed by atoms with Crippen molar-refractivity contribution < 1.29 is 14.6 Å². The number of ether oxygens (including phenoxy) is 1. The van der Waals surface area contributed by atoms with Crippen LogP contribution in [0.5, 0.6) is 0 Å². The van der Waals surface area contributed by atoms with Crippen LogP contribution >= 0.6 is 0 Å². The molecule has 1 atom stereocenters.